The van der Waals surface area contributed by atoms with E-state index in [1.165, 1.54) is 23.5 Å². The number of fused-ring (bicyclic) bond motifs is 1. The number of benzene rings is 2. The van der Waals surface area contributed by atoms with Gasteiger partial charge in [0, 0.05) is 23.3 Å². The highest BCUT2D eigenvalue weighted by Gasteiger charge is 2.30. The Morgan fingerprint density at radius 1 is 1.09 bits per heavy atom. The van der Waals surface area contributed by atoms with Crippen molar-refractivity contribution in [3.8, 4) is 21.7 Å². The van der Waals surface area contributed by atoms with E-state index in [2.05, 4.69) is 25.5 Å². The molecule has 1 amide bonds. The van der Waals surface area contributed by atoms with Crippen molar-refractivity contribution in [3.63, 3.8) is 0 Å². The minimum Gasteiger partial charge on any atom is -0.302 e. The van der Waals surface area contributed by atoms with Crippen LogP contribution >= 0.6 is 11.3 Å². The summed E-state index contributed by atoms with van der Waals surface area (Å²) < 4.78 is 38.8. The average Bonchev–Trinajstić information content (AvgIpc) is 3.41. The highest BCUT2D eigenvalue weighted by atomic mass is 32.1. The molecule has 0 bridgehead atoms. The van der Waals surface area contributed by atoms with Crippen molar-refractivity contribution >= 4 is 33.3 Å². The maximum absolute atomic E-state index is 12.9. The van der Waals surface area contributed by atoms with Crippen LogP contribution in [0.1, 0.15) is 16.8 Å². The largest absolute Gasteiger partial charge is 0.416 e. The summed E-state index contributed by atoms with van der Waals surface area (Å²) in [5, 5.41) is 11.5. The van der Waals surface area contributed by atoms with E-state index in [9.17, 15) is 18.0 Å². The fourth-order valence-corrected chi connectivity index (χ4v) is 4.79. The predicted octanol–water partition coefficient (Wildman–Crippen LogP) is 6.26. The number of rotatable bonds is 5. The van der Waals surface area contributed by atoms with Crippen molar-refractivity contribution in [3.05, 3.63) is 83.8 Å². The molecule has 0 radical (unpaired) electrons. The number of hydrogen-bond acceptors (Lipinski definition) is 5. The summed E-state index contributed by atoms with van der Waals surface area (Å²) >= 11 is 1.30. The second-order valence-electron chi connectivity index (χ2n) is 7.93. The van der Waals surface area contributed by atoms with Gasteiger partial charge in [-0.25, -0.2) is 4.98 Å². The predicted molar refractivity (Wildman–Crippen MR) is 129 cm³/mol. The van der Waals surface area contributed by atoms with Gasteiger partial charge in [-0.05, 0) is 48.4 Å². The molecule has 0 unspecified atom stereocenters. The number of nitrogens with zero attached hydrogens (tertiary/aromatic N) is 3. The van der Waals surface area contributed by atoms with Crippen LogP contribution in [0.2, 0.25) is 0 Å². The quantitative estimate of drug-likeness (QED) is 0.303. The SMILES string of the molecule is Cc1nc(NC(=O)Cc2cccc(C(F)(F)F)c2)sc1-c1ccc2c(-c3cccnc3)n[nH]c2c1. The van der Waals surface area contributed by atoms with Crippen LogP contribution in [-0.4, -0.2) is 26.1 Å². The lowest BCUT2D eigenvalue weighted by molar-refractivity contribution is -0.137. The van der Waals surface area contributed by atoms with Crippen LogP contribution in [0.4, 0.5) is 18.3 Å². The number of hydrogen-bond donors (Lipinski definition) is 2. The monoisotopic (exact) mass is 493 g/mol. The molecular weight excluding hydrogens is 475 g/mol. The van der Waals surface area contributed by atoms with Crippen LogP contribution in [0.5, 0.6) is 0 Å². The van der Waals surface area contributed by atoms with Gasteiger partial charge in [-0.3, -0.25) is 14.9 Å². The number of carbonyl (C=O) groups is 1. The maximum Gasteiger partial charge on any atom is 0.416 e. The number of nitrogens with one attached hydrogen (secondary N) is 2. The Morgan fingerprint density at radius 2 is 1.94 bits per heavy atom. The molecule has 10 heteroatoms. The minimum absolute atomic E-state index is 0.185. The van der Waals surface area contributed by atoms with Gasteiger partial charge in [-0.15, -0.1) is 0 Å². The van der Waals surface area contributed by atoms with E-state index in [4.69, 9.17) is 0 Å². The average molecular weight is 494 g/mol. The van der Waals surface area contributed by atoms with Gasteiger partial charge in [0.2, 0.25) is 5.91 Å². The first-order chi connectivity index (χ1) is 16.8. The van der Waals surface area contributed by atoms with Crippen LogP contribution in [0.15, 0.2) is 67.0 Å². The number of pyridine rings is 1. The Morgan fingerprint density at radius 3 is 2.71 bits per heavy atom. The summed E-state index contributed by atoms with van der Waals surface area (Å²) in [7, 11) is 0. The normalized spacial score (nSPS) is 11.7. The second-order valence-corrected chi connectivity index (χ2v) is 8.93. The summed E-state index contributed by atoms with van der Waals surface area (Å²) in [4.78, 5) is 21.9. The van der Waals surface area contributed by atoms with Crippen LogP contribution in [0.25, 0.3) is 32.6 Å². The molecule has 2 aromatic carbocycles. The van der Waals surface area contributed by atoms with Gasteiger partial charge in [0.25, 0.3) is 0 Å². The fourth-order valence-electron chi connectivity index (χ4n) is 3.81. The maximum atomic E-state index is 12.9. The molecule has 0 saturated heterocycles. The summed E-state index contributed by atoms with van der Waals surface area (Å²) in [6.45, 7) is 1.84. The van der Waals surface area contributed by atoms with Gasteiger partial charge in [0.1, 0.15) is 5.69 Å². The molecule has 0 aliphatic rings. The van der Waals surface area contributed by atoms with Gasteiger partial charge in [0.05, 0.1) is 28.1 Å². The van der Waals surface area contributed by atoms with Gasteiger partial charge in [0.15, 0.2) is 5.13 Å². The highest BCUT2D eigenvalue weighted by Crippen LogP contribution is 2.36. The molecule has 176 valence electrons. The van der Waals surface area contributed by atoms with Crippen LogP contribution in [-0.2, 0) is 17.4 Å². The number of amides is 1. The summed E-state index contributed by atoms with van der Waals surface area (Å²) in [5.74, 6) is -0.435. The van der Waals surface area contributed by atoms with Crippen molar-refractivity contribution in [1.29, 1.82) is 0 Å². The molecule has 3 heterocycles. The first-order valence-corrected chi connectivity index (χ1v) is 11.4. The lowest BCUT2D eigenvalue weighted by Crippen LogP contribution is -2.15. The number of aromatic amines is 1. The molecule has 0 aliphatic heterocycles. The first kappa shape index (κ1) is 22.7. The molecule has 0 aliphatic carbocycles. The lowest BCUT2D eigenvalue weighted by Gasteiger charge is -2.08. The molecule has 0 saturated carbocycles. The Kier molecular flexibility index (Phi) is 5.81. The number of thiazole rings is 1. The molecule has 6 nitrogen and oxygen atoms in total. The molecule has 5 rings (SSSR count). The number of alkyl halides is 3. The summed E-state index contributed by atoms with van der Waals surface area (Å²) in [6, 6.07) is 14.5. The van der Waals surface area contributed by atoms with Gasteiger partial charge in [-0.2, -0.15) is 18.3 Å². The van der Waals surface area contributed by atoms with E-state index in [0.717, 1.165) is 50.4 Å². The van der Waals surface area contributed by atoms with Gasteiger partial charge in [-0.1, -0.05) is 35.6 Å². The Hall–Kier alpha value is -4.05. The molecule has 0 fully saturated rings. The number of H-pyrrole nitrogens is 1. The van der Waals surface area contributed by atoms with E-state index in [0.29, 0.717) is 5.13 Å². The topological polar surface area (TPSA) is 83.6 Å². The molecule has 35 heavy (non-hydrogen) atoms. The van der Waals surface area contributed by atoms with Crippen molar-refractivity contribution in [2.45, 2.75) is 19.5 Å². The minimum atomic E-state index is -4.46. The van der Waals surface area contributed by atoms with Gasteiger partial charge < -0.3 is 5.32 Å². The van der Waals surface area contributed by atoms with E-state index < -0.39 is 17.6 Å². The fraction of sp³-hybridized carbons (Fsp3) is 0.120. The molecule has 0 atom stereocenters. The number of carbonyl (C=O) groups excluding carboxylic acids is 1. The van der Waals surface area contributed by atoms with E-state index >= 15 is 0 Å². The Labute approximate surface area is 201 Å². The van der Waals surface area contributed by atoms with Crippen molar-refractivity contribution in [1.82, 2.24) is 20.2 Å². The van der Waals surface area contributed by atoms with Crippen LogP contribution in [0.3, 0.4) is 0 Å². The van der Waals surface area contributed by atoms with Crippen molar-refractivity contribution in [2.24, 2.45) is 0 Å². The first-order valence-electron chi connectivity index (χ1n) is 10.6. The van der Waals surface area contributed by atoms with Gasteiger partial charge >= 0.3 is 6.18 Å². The summed E-state index contributed by atoms with van der Waals surface area (Å²) in [6.07, 6.45) is -1.18. The van der Waals surface area contributed by atoms with Crippen molar-refractivity contribution in [2.75, 3.05) is 5.32 Å². The molecule has 3 aromatic heterocycles. The Bertz CT molecular complexity index is 1530. The number of anilines is 1. The summed E-state index contributed by atoms with van der Waals surface area (Å²) in [5.41, 5.74) is 3.71. The van der Waals surface area contributed by atoms with E-state index in [1.807, 2.05) is 37.3 Å². The smallest absolute Gasteiger partial charge is 0.302 e. The Balaban J connectivity index is 1.34. The third kappa shape index (κ3) is 4.78. The zero-order chi connectivity index (χ0) is 24.6. The third-order valence-electron chi connectivity index (χ3n) is 5.42. The van der Waals surface area contributed by atoms with E-state index in [1.54, 1.807) is 12.4 Å². The third-order valence-corrected chi connectivity index (χ3v) is 6.54. The zero-order valence-corrected chi connectivity index (χ0v) is 19.2. The molecule has 0 spiro atoms. The molecular formula is C25H18F3N5OS. The zero-order valence-electron chi connectivity index (χ0n) is 18.3. The molecule has 2 N–H and O–H groups in total. The van der Waals surface area contributed by atoms with Crippen LogP contribution in [0, 0.1) is 6.92 Å². The molecule has 5 aromatic rings. The van der Waals surface area contributed by atoms with Crippen LogP contribution < -0.4 is 5.32 Å². The van der Waals surface area contributed by atoms with Crippen molar-refractivity contribution < 1.29 is 18.0 Å². The number of aromatic nitrogens is 4. The standard InChI is InChI=1S/C25H18F3N5OS/c1-14-23(16-7-8-19-20(12-16)32-33-22(19)17-5-3-9-29-13-17)35-24(30-14)31-21(34)11-15-4-2-6-18(10-15)25(26,27)28/h2-10,12-13H,11H2,1H3,(H,32,33)(H,30,31,34). The number of halogens is 3. The highest BCUT2D eigenvalue weighted by molar-refractivity contribution is 7.19. The van der Waals surface area contributed by atoms with E-state index in [-0.39, 0.29) is 12.0 Å². The lowest BCUT2D eigenvalue weighted by atomic mass is 10.1. The second kappa shape index (κ2) is 8.95. The number of aryl methyl sites for hydroxylation is 1.